The fourth-order valence-corrected chi connectivity index (χ4v) is 5.86. The van der Waals surface area contributed by atoms with E-state index in [0.717, 1.165) is 42.7 Å². The van der Waals surface area contributed by atoms with Crippen LogP contribution in [0.1, 0.15) is 51.5 Å². The molecule has 0 aromatic heterocycles. The number of nitrogens with zero attached hydrogens (tertiary/aromatic N) is 2. The fraction of sp³-hybridized carbons (Fsp3) is 0.481. The summed E-state index contributed by atoms with van der Waals surface area (Å²) >= 11 is 12.8. The van der Waals surface area contributed by atoms with Gasteiger partial charge in [0.2, 0.25) is 21.8 Å². The maximum Gasteiger partial charge on any atom is 0.244 e. The van der Waals surface area contributed by atoms with Gasteiger partial charge in [0.05, 0.1) is 18.6 Å². The Hall–Kier alpha value is -2.49. The van der Waals surface area contributed by atoms with Gasteiger partial charge in [-0.1, -0.05) is 48.5 Å². The number of sulfonamides is 1. The van der Waals surface area contributed by atoms with E-state index in [1.807, 2.05) is 6.92 Å². The number of hydrogen-bond donors (Lipinski definition) is 1. The fourth-order valence-electron chi connectivity index (χ4n) is 4.49. The normalized spacial score (nSPS) is 15.0. The highest BCUT2D eigenvalue weighted by Gasteiger charge is 2.32. The van der Waals surface area contributed by atoms with E-state index in [-0.39, 0.29) is 18.5 Å². The molecule has 2 aromatic carbocycles. The molecule has 0 spiro atoms. The summed E-state index contributed by atoms with van der Waals surface area (Å²) in [6.07, 6.45) is 6.05. The van der Waals surface area contributed by atoms with Gasteiger partial charge >= 0.3 is 0 Å². The number of amides is 2. The Morgan fingerprint density at radius 3 is 2.21 bits per heavy atom. The van der Waals surface area contributed by atoms with Crippen LogP contribution in [0.3, 0.4) is 0 Å². The van der Waals surface area contributed by atoms with Gasteiger partial charge in [0, 0.05) is 28.2 Å². The largest absolute Gasteiger partial charge is 0.494 e. The van der Waals surface area contributed by atoms with Gasteiger partial charge in [-0.15, -0.1) is 0 Å². The highest BCUT2D eigenvalue weighted by molar-refractivity contribution is 7.92. The Bertz CT molecular complexity index is 1200. The number of hydrogen-bond acceptors (Lipinski definition) is 5. The van der Waals surface area contributed by atoms with Crippen molar-refractivity contribution in [2.45, 2.75) is 64.6 Å². The van der Waals surface area contributed by atoms with Crippen LogP contribution in [0.2, 0.25) is 10.0 Å². The van der Waals surface area contributed by atoms with Gasteiger partial charge < -0.3 is 15.0 Å². The molecule has 2 aromatic rings. The molecule has 1 aliphatic carbocycles. The van der Waals surface area contributed by atoms with Gasteiger partial charge in [0.1, 0.15) is 18.3 Å². The van der Waals surface area contributed by atoms with Crippen molar-refractivity contribution in [3.63, 3.8) is 0 Å². The smallest absolute Gasteiger partial charge is 0.244 e. The number of benzene rings is 2. The lowest BCUT2D eigenvalue weighted by atomic mass is 9.95. The van der Waals surface area contributed by atoms with Crippen molar-refractivity contribution in [1.29, 1.82) is 0 Å². The minimum Gasteiger partial charge on any atom is -0.494 e. The predicted octanol–water partition coefficient (Wildman–Crippen LogP) is 5.02. The number of carbonyl (C=O) groups is 2. The quantitative estimate of drug-likeness (QED) is 0.400. The van der Waals surface area contributed by atoms with E-state index in [9.17, 15) is 18.0 Å². The average molecular weight is 585 g/mol. The Morgan fingerprint density at radius 2 is 1.66 bits per heavy atom. The van der Waals surface area contributed by atoms with Crippen molar-refractivity contribution >= 4 is 50.7 Å². The zero-order chi connectivity index (χ0) is 27.9. The first-order valence-corrected chi connectivity index (χ1v) is 15.3. The zero-order valence-corrected chi connectivity index (χ0v) is 24.3. The van der Waals surface area contributed by atoms with Crippen LogP contribution in [-0.2, 0) is 26.2 Å². The summed E-state index contributed by atoms with van der Waals surface area (Å²) in [6, 6.07) is 10.6. The summed E-state index contributed by atoms with van der Waals surface area (Å²) < 4.78 is 31.9. The summed E-state index contributed by atoms with van der Waals surface area (Å²) in [6.45, 7) is 3.38. The van der Waals surface area contributed by atoms with Crippen molar-refractivity contribution in [2.75, 3.05) is 23.7 Å². The van der Waals surface area contributed by atoms with Crippen molar-refractivity contribution in [2.24, 2.45) is 0 Å². The van der Waals surface area contributed by atoms with Crippen LogP contribution in [0.5, 0.6) is 5.75 Å². The highest BCUT2D eigenvalue weighted by atomic mass is 35.5. The third-order valence-corrected chi connectivity index (χ3v) is 8.47. The van der Waals surface area contributed by atoms with Crippen LogP contribution < -0.4 is 14.4 Å². The monoisotopic (exact) mass is 583 g/mol. The second-order valence-electron chi connectivity index (χ2n) is 9.44. The number of ether oxygens (including phenoxy) is 1. The van der Waals surface area contributed by atoms with Crippen LogP contribution in [0.4, 0.5) is 5.69 Å². The molecule has 3 rings (SSSR count). The second kappa shape index (κ2) is 13.5. The van der Waals surface area contributed by atoms with Gasteiger partial charge in [-0.05, 0) is 63.1 Å². The average Bonchev–Trinajstić information content (AvgIpc) is 2.87. The summed E-state index contributed by atoms with van der Waals surface area (Å²) in [7, 11) is -3.84. The standard InChI is InChI=1S/C27H35Cl2N3O5S/c1-4-37-22-15-13-21(14-16-22)32(38(3,35)36)18-26(33)31(17-23-24(28)11-8-12-25(23)29)19(2)27(34)30-20-9-6-5-7-10-20/h8,11-16,19-20H,4-7,9-10,17-18H2,1-3H3,(H,30,34)/t19-/m1/s1. The Balaban J connectivity index is 1.90. The number of carbonyl (C=O) groups excluding carboxylic acids is 2. The third-order valence-electron chi connectivity index (χ3n) is 6.62. The molecule has 1 aliphatic rings. The molecular formula is C27H35Cl2N3O5S. The maximum absolute atomic E-state index is 13.7. The topological polar surface area (TPSA) is 96.0 Å². The first-order valence-electron chi connectivity index (χ1n) is 12.7. The minimum absolute atomic E-state index is 0.0518. The lowest BCUT2D eigenvalue weighted by molar-refractivity contribution is -0.139. The molecular weight excluding hydrogens is 549 g/mol. The number of nitrogens with one attached hydrogen (secondary N) is 1. The molecule has 0 heterocycles. The van der Waals surface area contributed by atoms with Gasteiger partial charge in [-0.2, -0.15) is 0 Å². The highest BCUT2D eigenvalue weighted by Crippen LogP contribution is 2.28. The molecule has 1 atom stereocenters. The van der Waals surface area contributed by atoms with E-state index >= 15 is 0 Å². The van der Waals surface area contributed by atoms with Gasteiger partial charge in [-0.3, -0.25) is 13.9 Å². The Kier molecular flexibility index (Phi) is 10.7. The number of anilines is 1. The molecule has 8 nitrogen and oxygen atoms in total. The van der Waals surface area contributed by atoms with Crippen molar-refractivity contribution in [3.8, 4) is 5.75 Å². The summed E-state index contributed by atoms with van der Waals surface area (Å²) in [4.78, 5) is 28.3. The van der Waals surface area contributed by atoms with Crippen molar-refractivity contribution in [3.05, 3.63) is 58.1 Å². The second-order valence-corrected chi connectivity index (χ2v) is 12.2. The summed E-state index contributed by atoms with van der Waals surface area (Å²) in [5, 5.41) is 3.76. The molecule has 0 bridgehead atoms. The first kappa shape index (κ1) is 30.1. The molecule has 0 aliphatic heterocycles. The number of rotatable bonds is 11. The van der Waals surface area contributed by atoms with Crippen LogP contribution in [0, 0.1) is 0 Å². The van der Waals surface area contributed by atoms with Gasteiger partial charge in [-0.25, -0.2) is 8.42 Å². The third kappa shape index (κ3) is 8.01. The molecule has 1 N–H and O–H groups in total. The zero-order valence-electron chi connectivity index (χ0n) is 22.0. The van der Waals surface area contributed by atoms with Gasteiger partial charge in [0.15, 0.2) is 0 Å². The molecule has 1 saturated carbocycles. The van der Waals surface area contributed by atoms with E-state index in [0.29, 0.717) is 33.7 Å². The minimum atomic E-state index is -3.84. The summed E-state index contributed by atoms with van der Waals surface area (Å²) in [5.74, 6) is -0.286. The number of halogens is 2. The molecule has 1 fully saturated rings. The lowest BCUT2D eigenvalue weighted by Crippen LogP contribution is -2.53. The lowest BCUT2D eigenvalue weighted by Gasteiger charge is -2.33. The Morgan fingerprint density at radius 1 is 1.05 bits per heavy atom. The Labute approximate surface area is 235 Å². The van der Waals surface area contributed by atoms with E-state index in [1.54, 1.807) is 49.4 Å². The van der Waals surface area contributed by atoms with Gasteiger partial charge in [0.25, 0.3) is 0 Å². The molecule has 0 radical (unpaired) electrons. The van der Waals surface area contributed by atoms with Crippen molar-refractivity contribution < 1.29 is 22.7 Å². The maximum atomic E-state index is 13.7. The van der Waals surface area contributed by atoms with Crippen LogP contribution in [0.25, 0.3) is 0 Å². The van der Waals surface area contributed by atoms with E-state index in [2.05, 4.69) is 5.32 Å². The van der Waals surface area contributed by atoms with Crippen LogP contribution in [-0.4, -0.2) is 56.6 Å². The first-order chi connectivity index (χ1) is 18.0. The summed E-state index contributed by atoms with van der Waals surface area (Å²) in [5.41, 5.74) is 0.785. The molecule has 0 unspecified atom stereocenters. The molecule has 208 valence electrons. The molecule has 38 heavy (non-hydrogen) atoms. The van der Waals surface area contributed by atoms with Crippen LogP contribution in [0.15, 0.2) is 42.5 Å². The molecule has 11 heteroatoms. The predicted molar refractivity (Wildman–Crippen MR) is 151 cm³/mol. The van der Waals surface area contributed by atoms with E-state index in [1.165, 1.54) is 4.90 Å². The van der Waals surface area contributed by atoms with E-state index < -0.39 is 28.5 Å². The van der Waals surface area contributed by atoms with Crippen molar-refractivity contribution in [1.82, 2.24) is 10.2 Å². The van der Waals surface area contributed by atoms with Crippen LogP contribution >= 0.6 is 23.2 Å². The molecule has 2 amide bonds. The van der Waals surface area contributed by atoms with E-state index in [4.69, 9.17) is 27.9 Å². The SMILES string of the molecule is CCOc1ccc(N(CC(=O)N(Cc2c(Cl)cccc2Cl)[C@H](C)C(=O)NC2CCCCC2)S(C)(=O)=O)cc1. The molecule has 0 saturated heterocycles.